The third-order valence-electron chi connectivity index (χ3n) is 6.31. The van der Waals surface area contributed by atoms with Crippen molar-refractivity contribution in [3.05, 3.63) is 65.2 Å². The molecule has 0 aliphatic carbocycles. The molecule has 7 atom stereocenters. The van der Waals surface area contributed by atoms with Crippen LogP contribution in [0.5, 0.6) is 0 Å². The van der Waals surface area contributed by atoms with Crippen molar-refractivity contribution >= 4 is 15.7 Å². The molecule has 2 aromatic heterocycles. The maximum absolute atomic E-state index is 12.8. The number of hydrogen-bond donors (Lipinski definition) is 4. The Morgan fingerprint density at radius 1 is 0.950 bits per heavy atom. The number of hydrogen-bond acceptors (Lipinski definition) is 13. The lowest BCUT2D eigenvalue weighted by atomic mass is 10.2. The van der Waals surface area contributed by atoms with Gasteiger partial charge in [0.25, 0.3) is 11.1 Å². The van der Waals surface area contributed by atoms with Gasteiger partial charge in [-0.2, -0.15) is 0 Å². The lowest BCUT2D eigenvalue weighted by molar-refractivity contribution is -0.0554. The normalized spacial score (nSPS) is 28.0. The van der Waals surface area contributed by atoms with Crippen molar-refractivity contribution in [3.8, 4) is 0 Å². The number of nitrogens with zero attached hydrogens (tertiary/aromatic N) is 2. The van der Waals surface area contributed by atoms with Crippen molar-refractivity contribution in [1.29, 1.82) is 0 Å². The van der Waals surface area contributed by atoms with Crippen LogP contribution in [0, 0.1) is 13.8 Å². The summed E-state index contributed by atoms with van der Waals surface area (Å²) in [7, 11) is -8.21. The molecule has 0 bridgehead atoms. The lowest BCUT2D eigenvalue weighted by Gasteiger charge is -2.22. The van der Waals surface area contributed by atoms with E-state index in [-0.39, 0.29) is 24.0 Å². The van der Waals surface area contributed by atoms with Crippen LogP contribution >= 0.6 is 15.7 Å². The van der Waals surface area contributed by atoms with Gasteiger partial charge in [-0.3, -0.25) is 42.3 Å². The summed E-state index contributed by atoms with van der Waals surface area (Å²) in [6, 6.07) is 0. The van der Waals surface area contributed by atoms with E-state index in [1.54, 1.807) is 0 Å². The molecule has 0 aromatic carbocycles. The van der Waals surface area contributed by atoms with Crippen molar-refractivity contribution in [3.63, 3.8) is 0 Å². The van der Waals surface area contributed by atoms with Crippen LogP contribution in [0.25, 0.3) is 0 Å². The van der Waals surface area contributed by atoms with Gasteiger partial charge < -0.3 is 19.5 Å². The van der Waals surface area contributed by atoms with Crippen LogP contribution in [0.2, 0.25) is 0 Å². The summed E-state index contributed by atoms with van der Waals surface area (Å²) >= 11 is 0. The summed E-state index contributed by atoms with van der Waals surface area (Å²) in [5.41, 5.74) is -2.41. The molecule has 40 heavy (non-hydrogen) atoms. The second-order valence-corrected chi connectivity index (χ2v) is 11.3. The van der Waals surface area contributed by atoms with Crippen LogP contribution in [-0.4, -0.2) is 66.7 Å². The van der Waals surface area contributed by atoms with Crippen molar-refractivity contribution in [2.24, 2.45) is 0 Å². The summed E-state index contributed by atoms with van der Waals surface area (Å²) in [6.07, 6.45) is -4.90. The van der Waals surface area contributed by atoms with E-state index in [9.17, 15) is 42.9 Å². The van der Waals surface area contributed by atoms with E-state index in [1.165, 1.54) is 26.2 Å². The Balaban J connectivity index is 1.43. The van der Waals surface area contributed by atoms with Gasteiger partial charge in [-0.15, -0.1) is 0 Å². The minimum atomic E-state index is -4.91. The maximum Gasteiger partial charge on any atom is 0.472 e. The van der Waals surface area contributed by atoms with Crippen molar-refractivity contribution in [2.45, 2.75) is 63.6 Å². The molecule has 0 radical (unpaired) electrons. The highest BCUT2D eigenvalue weighted by Gasteiger charge is 2.44. The number of aliphatic hydroxyl groups is 1. The Bertz CT molecular complexity index is 1600. The molecule has 2 aliphatic rings. The molecule has 2 fully saturated rings. The maximum atomic E-state index is 12.8. The number of rotatable bonds is 10. The smallest absolute Gasteiger partial charge is 0.390 e. The van der Waals surface area contributed by atoms with Crippen LogP contribution in [0.1, 0.15) is 36.4 Å². The summed E-state index contributed by atoms with van der Waals surface area (Å²) < 4.78 is 62.7. The fourth-order valence-corrected chi connectivity index (χ4v) is 5.50. The molecule has 0 spiro atoms. The highest BCUT2D eigenvalue weighted by atomic mass is 31.2. The van der Waals surface area contributed by atoms with E-state index < -0.39 is 88.3 Å². The number of H-pyrrole nitrogens is 2. The molecule has 20 heteroatoms. The van der Waals surface area contributed by atoms with Crippen molar-refractivity contribution in [1.82, 2.24) is 19.1 Å². The van der Waals surface area contributed by atoms with E-state index in [0.29, 0.717) is 0 Å². The standard InChI is InChI=1S/C20H26N4O14P2/c1-9-5-23(19(28)21-17(9)26)15-3-11(25)13(36-15)8-35-40(32,33)38-12-4-16(37-14(12)7-34-39(30)31)24-6-10(2)18(27)22-20(24)29/h5-6,11-16,25H,3-4,7-8H2,1-2H3,(H,32,33)(H,21,26,28)(H,22,27,29)/t11-,12-,13+,14+,15+,16+/m0/s1. The largest absolute Gasteiger partial charge is 0.472 e. The molecule has 0 amide bonds. The fraction of sp³-hybridized carbons (Fsp3) is 0.600. The second-order valence-electron chi connectivity index (χ2n) is 9.18. The zero-order valence-electron chi connectivity index (χ0n) is 21.0. The molecule has 0 saturated carbocycles. The van der Waals surface area contributed by atoms with Gasteiger partial charge in [0, 0.05) is 36.4 Å². The SMILES string of the molecule is Cc1cn([C@H]2C[C@H](OP(=O)(O)OC[C@H]3O[C@@H](n4cc(C)c(=O)[nH]c4=O)C[C@@H]3O)[C@@H](COP(=O)=O)O2)c(=O)[nH]c1=O. The van der Waals surface area contributed by atoms with E-state index >= 15 is 0 Å². The molecular weight excluding hydrogens is 582 g/mol. The minimum Gasteiger partial charge on any atom is -0.390 e. The van der Waals surface area contributed by atoms with Crippen LogP contribution in [0.4, 0.5) is 0 Å². The number of aliphatic hydroxyl groups excluding tert-OH is 1. The third kappa shape index (κ3) is 6.91. The van der Waals surface area contributed by atoms with Crippen molar-refractivity contribution in [2.75, 3.05) is 13.2 Å². The Hall–Kier alpha value is -2.79. The molecule has 2 saturated heterocycles. The van der Waals surface area contributed by atoms with Gasteiger partial charge in [0.15, 0.2) is 0 Å². The molecule has 4 N–H and O–H groups in total. The lowest BCUT2D eigenvalue weighted by Crippen LogP contribution is -2.33. The van der Waals surface area contributed by atoms with E-state index in [4.69, 9.17) is 18.5 Å². The first-order valence-electron chi connectivity index (χ1n) is 11.8. The zero-order valence-corrected chi connectivity index (χ0v) is 22.8. The Kier molecular flexibility index (Phi) is 9.04. The average Bonchev–Trinajstić information content (AvgIpc) is 3.43. The number of aryl methyl sites for hydroxylation is 2. The summed E-state index contributed by atoms with van der Waals surface area (Å²) in [6.45, 7) is 1.65. The van der Waals surface area contributed by atoms with Gasteiger partial charge in [0.1, 0.15) is 30.8 Å². The van der Waals surface area contributed by atoms with Gasteiger partial charge in [0.05, 0.1) is 19.3 Å². The highest BCUT2D eigenvalue weighted by molar-refractivity contribution is 7.47. The number of phosphoric acid groups is 1. The van der Waals surface area contributed by atoms with Crippen molar-refractivity contribution < 1.29 is 46.7 Å². The first-order chi connectivity index (χ1) is 18.7. The molecule has 1 unspecified atom stereocenters. The molecule has 2 aliphatic heterocycles. The predicted octanol–water partition coefficient (Wildman–Crippen LogP) is -0.754. The number of phosphoric ester groups is 1. The average molecular weight is 608 g/mol. The van der Waals surface area contributed by atoms with Gasteiger partial charge in [0.2, 0.25) is 0 Å². The fourth-order valence-electron chi connectivity index (χ4n) is 4.27. The first-order valence-corrected chi connectivity index (χ1v) is 14.4. The Morgan fingerprint density at radius 2 is 1.48 bits per heavy atom. The van der Waals surface area contributed by atoms with Crippen LogP contribution in [0.15, 0.2) is 31.6 Å². The molecular formula is C20H26N4O14P2. The summed E-state index contributed by atoms with van der Waals surface area (Å²) in [5, 5.41) is 10.4. The van der Waals surface area contributed by atoms with Gasteiger partial charge in [-0.1, -0.05) is 0 Å². The minimum absolute atomic E-state index is 0.0890. The van der Waals surface area contributed by atoms with Gasteiger partial charge >= 0.3 is 27.1 Å². The Labute approximate surface area is 224 Å². The van der Waals surface area contributed by atoms with Gasteiger partial charge in [-0.05, 0) is 13.8 Å². The number of aromatic amines is 2. The van der Waals surface area contributed by atoms with Gasteiger partial charge in [-0.25, -0.2) is 23.3 Å². The highest BCUT2D eigenvalue weighted by Crippen LogP contribution is 2.49. The molecule has 4 heterocycles. The predicted molar refractivity (Wildman–Crippen MR) is 130 cm³/mol. The molecule has 2 aromatic rings. The zero-order chi connectivity index (χ0) is 29.4. The quantitative estimate of drug-likeness (QED) is 0.242. The summed E-state index contributed by atoms with van der Waals surface area (Å²) in [4.78, 5) is 62.2. The third-order valence-corrected chi connectivity index (χ3v) is 7.68. The monoisotopic (exact) mass is 608 g/mol. The van der Waals surface area contributed by atoms with Crippen LogP contribution in [-0.2, 0) is 36.7 Å². The number of ether oxygens (including phenoxy) is 2. The molecule has 220 valence electrons. The first kappa shape index (κ1) is 30.2. The Morgan fingerprint density at radius 3 is 2.02 bits per heavy atom. The summed E-state index contributed by atoms with van der Waals surface area (Å²) in [5.74, 6) is 0. The molecule has 4 rings (SSSR count). The van der Waals surface area contributed by atoms with Crippen LogP contribution < -0.4 is 22.5 Å². The molecule has 18 nitrogen and oxygen atoms in total. The van der Waals surface area contributed by atoms with E-state index in [1.807, 2.05) is 0 Å². The number of aromatic nitrogens is 4. The number of nitrogens with one attached hydrogen (secondary N) is 2. The second kappa shape index (κ2) is 12.0. The van der Waals surface area contributed by atoms with E-state index in [2.05, 4.69) is 14.5 Å². The topological polar surface area (TPSA) is 248 Å². The van der Waals surface area contributed by atoms with Crippen LogP contribution in [0.3, 0.4) is 0 Å². The van der Waals surface area contributed by atoms with E-state index in [0.717, 1.165) is 9.13 Å².